The predicted molar refractivity (Wildman–Crippen MR) is 130 cm³/mol. The van der Waals surface area contributed by atoms with Gasteiger partial charge in [0.2, 0.25) is 5.91 Å². The van der Waals surface area contributed by atoms with Crippen molar-refractivity contribution >= 4 is 5.91 Å². The first-order valence-corrected chi connectivity index (χ1v) is 11.8. The molecule has 0 N–H and O–H groups in total. The molecular weight excluding hydrogens is 432 g/mol. The van der Waals surface area contributed by atoms with Crippen molar-refractivity contribution in [1.82, 2.24) is 14.7 Å². The maximum Gasteiger partial charge on any atom is 0.236 e. The van der Waals surface area contributed by atoms with E-state index in [2.05, 4.69) is 28.9 Å². The van der Waals surface area contributed by atoms with Crippen molar-refractivity contribution in [1.29, 1.82) is 0 Å². The molecule has 1 heterocycles. The Hall–Kier alpha value is -3.09. The fourth-order valence-electron chi connectivity index (χ4n) is 4.55. The van der Waals surface area contributed by atoms with E-state index in [1.807, 2.05) is 23.1 Å². The van der Waals surface area contributed by atoms with Gasteiger partial charge in [-0.3, -0.25) is 14.6 Å². The molecule has 178 valence electrons. The van der Waals surface area contributed by atoms with Gasteiger partial charge in [-0.1, -0.05) is 61.5 Å². The lowest BCUT2D eigenvalue weighted by Gasteiger charge is -2.40. The second kappa shape index (κ2) is 11.4. The highest BCUT2D eigenvalue weighted by Crippen LogP contribution is 2.30. The van der Waals surface area contributed by atoms with Crippen molar-refractivity contribution < 1.29 is 13.6 Å². The lowest BCUT2D eigenvalue weighted by atomic mass is 9.96. The Bertz CT molecular complexity index is 1000. The summed E-state index contributed by atoms with van der Waals surface area (Å²) in [5.74, 6) is -0.432. The first-order valence-electron chi connectivity index (χ1n) is 11.8. The highest BCUT2D eigenvalue weighted by molar-refractivity contribution is 5.78. The first-order chi connectivity index (χ1) is 16.5. The lowest BCUT2D eigenvalue weighted by Crippen LogP contribution is -2.52. The van der Waals surface area contributed by atoms with Gasteiger partial charge < -0.3 is 4.90 Å². The molecule has 0 saturated carbocycles. The number of likely N-dealkylation sites (N-methyl/N-ethyl adjacent to an activating group) is 1. The molecule has 1 aliphatic rings. The molecule has 1 amide bonds. The van der Waals surface area contributed by atoms with E-state index in [-0.39, 0.29) is 23.6 Å². The predicted octanol–water partition coefficient (Wildman–Crippen LogP) is 4.72. The van der Waals surface area contributed by atoms with E-state index in [1.165, 1.54) is 29.8 Å². The van der Waals surface area contributed by atoms with Gasteiger partial charge in [0.1, 0.15) is 11.6 Å². The highest BCUT2D eigenvalue weighted by Gasteiger charge is 2.28. The van der Waals surface area contributed by atoms with E-state index in [9.17, 15) is 13.6 Å². The quantitative estimate of drug-likeness (QED) is 0.484. The molecule has 0 aliphatic carbocycles. The average molecular weight is 464 g/mol. The Kier molecular flexibility index (Phi) is 8.03. The zero-order valence-corrected chi connectivity index (χ0v) is 19.5. The molecule has 34 heavy (non-hydrogen) atoms. The Morgan fingerprint density at radius 2 is 1.35 bits per heavy atom. The number of carbonyl (C=O) groups is 1. The van der Waals surface area contributed by atoms with E-state index < -0.39 is 0 Å². The van der Waals surface area contributed by atoms with Crippen LogP contribution in [0.5, 0.6) is 0 Å². The van der Waals surface area contributed by atoms with Crippen LogP contribution in [0.15, 0.2) is 78.9 Å². The number of hydrogen-bond acceptors (Lipinski definition) is 3. The third-order valence-corrected chi connectivity index (χ3v) is 6.46. The molecule has 3 aromatic rings. The van der Waals surface area contributed by atoms with Crippen LogP contribution in [0.4, 0.5) is 8.78 Å². The molecule has 4 rings (SSSR count). The second-order valence-electron chi connectivity index (χ2n) is 8.71. The molecule has 1 saturated heterocycles. The summed E-state index contributed by atoms with van der Waals surface area (Å²) in [5.41, 5.74) is 3.10. The van der Waals surface area contributed by atoms with Gasteiger partial charge in [0.25, 0.3) is 0 Å². The summed E-state index contributed by atoms with van der Waals surface area (Å²) in [5, 5.41) is 0. The normalized spacial score (nSPS) is 14.7. The number of amides is 1. The third kappa shape index (κ3) is 6.07. The smallest absolute Gasteiger partial charge is 0.236 e. The SMILES string of the molecule is CCN(CC(=O)N1CCN(C(c2ccc(F)cc2)c2ccc(F)cc2)CC1)Cc1ccccc1. The van der Waals surface area contributed by atoms with Crippen LogP contribution in [0, 0.1) is 11.6 Å². The van der Waals surface area contributed by atoms with Gasteiger partial charge in [0.15, 0.2) is 0 Å². The number of halogens is 2. The fourth-order valence-corrected chi connectivity index (χ4v) is 4.55. The highest BCUT2D eigenvalue weighted by atomic mass is 19.1. The van der Waals surface area contributed by atoms with Gasteiger partial charge in [-0.2, -0.15) is 0 Å². The van der Waals surface area contributed by atoms with E-state index in [1.54, 1.807) is 24.3 Å². The first kappa shape index (κ1) is 24.0. The summed E-state index contributed by atoms with van der Waals surface area (Å²) < 4.78 is 27.1. The van der Waals surface area contributed by atoms with E-state index in [0.29, 0.717) is 32.7 Å². The fraction of sp³-hybridized carbons (Fsp3) is 0.321. The molecule has 0 spiro atoms. The number of benzene rings is 3. The molecule has 0 atom stereocenters. The topological polar surface area (TPSA) is 26.8 Å². The van der Waals surface area contributed by atoms with Crippen molar-refractivity contribution in [3.8, 4) is 0 Å². The zero-order chi connectivity index (χ0) is 23.9. The van der Waals surface area contributed by atoms with Crippen LogP contribution in [0.25, 0.3) is 0 Å². The molecule has 1 aliphatic heterocycles. The zero-order valence-electron chi connectivity index (χ0n) is 19.5. The molecule has 0 radical (unpaired) electrons. The van der Waals surface area contributed by atoms with Crippen LogP contribution in [-0.4, -0.2) is 59.9 Å². The van der Waals surface area contributed by atoms with E-state index in [4.69, 9.17) is 0 Å². The van der Waals surface area contributed by atoms with Crippen LogP contribution in [0.3, 0.4) is 0 Å². The lowest BCUT2D eigenvalue weighted by molar-refractivity contribution is -0.134. The summed E-state index contributed by atoms with van der Waals surface area (Å²) in [7, 11) is 0. The van der Waals surface area contributed by atoms with Gasteiger partial charge in [-0.25, -0.2) is 8.78 Å². The van der Waals surface area contributed by atoms with Gasteiger partial charge in [-0.15, -0.1) is 0 Å². The molecular formula is C28H31F2N3O. The van der Waals surface area contributed by atoms with Crippen molar-refractivity contribution in [3.63, 3.8) is 0 Å². The summed E-state index contributed by atoms with van der Waals surface area (Å²) in [6.45, 7) is 6.65. The number of nitrogens with zero attached hydrogens (tertiary/aromatic N) is 3. The van der Waals surface area contributed by atoms with Crippen molar-refractivity contribution in [2.75, 3.05) is 39.3 Å². The van der Waals surface area contributed by atoms with Gasteiger partial charge in [0, 0.05) is 32.7 Å². The molecule has 3 aromatic carbocycles. The molecule has 1 fully saturated rings. The molecule has 4 nitrogen and oxygen atoms in total. The van der Waals surface area contributed by atoms with Crippen LogP contribution in [0.2, 0.25) is 0 Å². The molecule has 6 heteroatoms. The number of piperazine rings is 1. The number of carbonyl (C=O) groups excluding carboxylic acids is 1. The molecule has 0 bridgehead atoms. The molecule has 0 aromatic heterocycles. The van der Waals surface area contributed by atoms with Crippen LogP contribution in [-0.2, 0) is 11.3 Å². The summed E-state index contributed by atoms with van der Waals surface area (Å²) in [6, 6.07) is 23.0. The minimum Gasteiger partial charge on any atom is -0.339 e. The van der Waals surface area contributed by atoms with Gasteiger partial charge in [-0.05, 0) is 47.5 Å². The largest absolute Gasteiger partial charge is 0.339 e. The maximum absolute atomic E-state index is 13.5. The van der Waals surface area contributed by atoms with Gasteiger partial charge in [0.05, 0.1) is 12.6 Å². The Morgan fingerprint density at radius 3 is 1.85 bits per heavy atom. The Morgan fingerprint density at radius 1 is 0.824 bits per heavy atom. The van der Waals surface area contributed by atoms with Crippen molar-refractivity contribution in [3.05, 3.63) is 107 Å². The molecule has 0 unspecified atom stereocenters. The van der Waals surface area contributed by atoms with Gasteiger partial charge >= 0.3 is 0 Å². The van der Waals surface area contributed by atoms with Crippen molar-refractivity contribution in [2.24, 2.45) is 0 Å². The maximum atomic E-state index is 13.5. The van der Waals surface area contributed by atoms with Crippen LogP contribution >= 0.6 is 0 Å². The number of rotatable bonds is 8. The summed E-state index contributed by atoms with van der Waals surface area (Å²) in [6.07, 6.45) is 0. The average Bonchev–Trinajstić information content (AvgIpc) is 2.87. The Balaban J connectivity index is 1.41. The minimum atomic E-state index is -0.284. The monoisotopic (exact) mass is 463 g/mol. The number of hydrogen-bond donors (Lipinski definition) is 0. The Labute approximate surface area is 200 Å². The summed E-state index contributed by atoms with van der Waals surface area (Å²) in [4.78, 5) is 19.4. The van der Waals surface area contributed by atoms with E-state index in [0.717, 1.165) is 24.2 Å². The minimum absolute atomic E-state index is 0.122. The summed E-state index contributed by atoms with van der Waals surface area (Å²) >= 11 is 0. The third-order valence-electron chi connectivity index (χ3n) is 6.46. The van der Waals surface area contributed by atoms with E-state index >= 15 is 0 Å². The van der Waals surface area contributed by atoms with Crippen LogP contribution < -0.4 is 0 Å². The standard InChI is InChI=1S/C28H31F2N3O/c1-2-31(20-22-6-4-3-5-7-22)21-27(34)32-16-18-33(19-17-32)28(23-8-12-25(29)13-9-23)24-10-14-26(30)15-11-24/h3-15,28H,2,16-21H2,1H3. The van der Waals surface area contributed by atoms with Crippen LogP contribution in [0.1, 0.15) is 29.7 Å². The van der Waals surface area contributed by atoms with Crippen molar-refractivity contribution in [2.45, 2.75) is 19.5 Å². The second-order valence-corrected chi connectivity index (χ2v) is 8.71.